The molecule has 1 aliphatic rings. The first-order valence-corrected chi connectivity index (χ1v) is 7.58. The largest absolute Gasteiger partial charge is 0.356 e. The first kappa shape index (κ1) is 14.6. The van der Waals surface area contributed by atoms with E-state index in [1.165, 1.54) is 12.8 Å². The summed E-state index contributed by atoms with van der Waals surface area (Å²) in [7, 11) is 0. The van der Waals surface area contributed by atoms with Crippen LogP contribution in [0.15, 0.2) is 12.1 Å². The molecule has 1 atom stereocenters. The minimum absolute atomic E-state index is 0.441. The van der Waals surface area contributed by atoms with Gasteiger partial charge in [-0.3, -0.25) is 0 Å². The molecule has 0 amide bonds. The van der Waals surface area contributed by atoms with Gasteiger partial charge in [0.05, 0.1) is 10.7 Å². The van der Waals surface area contributed by atoms with Crippen molar-refractivity contribution < 1.29 is 0 Å². The molecule has 0 saturated carbocycles. The number of nitrogens with zero attached hydrogens (tertiary/aromatic N) is 2. The van der Waals surface area contributed by atoms with Crippen molar-refractivity contribution in [2.75, 3.05) is 18.0 Å². The van der Waals surface area contributed by atoms with Crippen LogP contribution in [0.1, 0.15) is 39.3 Å². The van der Waals surface area contributed by atoms with Crippen LogP contribution in [0.4, 0.5) is 5.82 Å². The van der Waals surface area contributed by atoms with Crippen molar-refractivity contribution >= 4 is 17.4 Å². The van der Waals surface area contributed by atoms with Gasteiger partial charge in [0.25, 0.3) is 0 Å². The maximum absolute atomic E-state index is 6.23. The van der Waals surface area contributed by atoms with Crippen LogP contribution in [0, 0.1) is 5.92 Å². The van der Waals surface area contributed by atoms with Gasteiger partial charge in [0.15, 0.2) is 0 Å². The minimum Gasteiger partial charge on any atom is -0.356 e. The quantitative estimate of drug-likeness (QED) is 0.916. The number of hydrogen-bond acceptors (Lipinski definition) is 3. The van der Waals surface area contributed by atoms with E-state index in [4.69, 9.17) is 16.6 Å². The Morgan fingerprint density at radius 2 is 2.26 bits per heavy atom. The Morgan fingerprint density at radius 1 is 1.47 bits per heavy atom. The van der Waals surface area contributed by atoms with Crippen LogP contribution >= 0.6 is 11.6 Å². The molecule has 0 aliphatic carbocycles. The fraction of sp³-hybridized carbons (Fsp3) is 0.667. The zero-order chi connectivity index (χ0) is 13.8. The van der Waals surface area contributed by atoms with E-state index in [2.05, 4.69) is 31.0 Å². The molecule has 1 saturated heterocycles. The van der Waals surface area contributed by atoms with Crippen molar-refractivity contribution in [2.24, 2.45) is 5.92 Å². The fourth-order valence-electron chi connectivity index (χ4n) is 2.47. The van der Waals surface area contributed by atoms with Crippen LogP contribution in [0.2, 0.25) is 5.02 Å². The molecule has 19 heavy (non-hydrogen) atoms. The van der Waals surface area contributed by atoms with Gasteiger partial charge in [0, 0.05) is 25.7 Å². The molecule has 1 fully saturated rings. The summed E-state index contributed by atoms with van der Waals surface area (Å²) in [5, 5.41) is 4.13. The van der Waals surface area contributed by atoms with Crippen molar-refractivity contribution in [1.29, 1.82) is 0 Å². The monoisotopic (exact) mass is 281 g/mol. The number of piperidine rings is 1. The van der Waals surface area contributed by atoms with Gasteiger partial charge < -0.3 is 10.2 Å². The van der Waals surface area contributed by atoms with Crippen LogP contribution in [-0.4, -0.2) is 24.1 Å². The van der Waals surface area contributed by atoms with Gasteiger partial charge in [-0.05, 0) is 30.9 Å². The van der Waals surface area contributed by atoms with E-state index in [1.807, 2.05) is 12.1 Å². The second kappa shape index (κ2) is 6.58. The molecule has 4 heteroatoms. The Bertz CT molecular complexity index is 420. The maximum atomic E-state index is 6.23. The predicted molar refractivity (Wildman–Crippen MR) is 81.8 cm³/mol. The number of halogens is 1. The van der Waals surface area contributed by atoms with Crippen molar-refractivity contribution in [3.8, 4) is 0 Å². The summed E-state index contributed by atoms with van der Waals surface area (Å²) >= 11 is 6.23. The lowest BCUT2D eigenvalue weighted by Crippen LogP contribution is -2.35. The van der Waals surface area contributed by atoms with Crippen LogP contribution in [0.5, 0.6) is 0 Å². The highest BCUT2D eigenvalue weighted by molar-refractivity contribution is 6.31. The Hall–Kier alpha value is -0.800. The number of aromatic nitrogens is 1. The standard InChI is InChI=1S/C15H24ClN3/c1-11(2)17-9-14-13(16)6-7-15(18-14)19-8-4-5-12(3)10-19/h6-7,11-12,17H,4-5,8-10H2,1-3H3. The third kappa shape index (κ3) is 4.08. The van der Waals surface area contributed by atoms with Crippen molar-refractivity contribution in [3.63, 3.8) is 0 Å². The topological polar surface area (TPSA) is 28.2 Å². The molecule has 0 radical (unpaired) electrons. The first-order valence-electron chi connectivity index (χ1n) is 7.20. The maximum Gasteiger partial charge on any atom is 0.128 e. The molecular formula is C15H24ClN3. The molecule has 1 unspecified atom stereocenters. The number of pyridine rings is 1. The summed E-state index contributed by atoms with van der Waals surface area (Å²) in [5.41, 5.74) is 0.950. The lowest BCUT2D eigenvalue weighted by atomic mass is 10.0. The van der Waals surface area contributed by atoms with Gasteiger partial charge in [-0.1, -0.05) is 32.4 Å². The Morgan fingerprint density at radius 3 is 2.95 bits per heavy atom. The lowest BCUT2D eigenvalue weighted by Gasteiger charge is -2.32. The van der Waals surface area contributed by atoms with Crippen LogP contribution < -0.4 is 10.2 Å². The number of nitrogens with one attached hydrogen (secondary N) is 1. The van der Waals surface area contributed by atoms with E-state index in [0.29, 0.717) is 6.04 Å². The Balaban J connectivity index is 2.10. The fourth-order valence-corrected chi connectivity index (χ4v) is 2.64. The Kier molecular flexibility index (Phi) is 5.06. The number of rotatable bonds is 4. The molecule has 106 valence electrons. The van der Waals surface area contributed by atoms with E-state index in [0.717, 1.165) is 42.1 Å². The molecule has 1 aliphatic heterocycles. The number of hydrogen-bond donors (Lipinski definition) is 1. The molecule has 3 nitrogen and oxygen atoms in total. The van der Waals surface area contributed by atoms with Gasteiger partial charge in [-0.2, -0.15) is 0 Å². The van der Waals surface area contributed by atoms with Gasteiger partial charge in [-0.15, -0.1) is 0 Å². The highest BCUT2D eigenvalue weighted by Crippen LogP contribution is 2.24. The molecule has 1 N–H and O–H groups in total. The minimum atomic E-state index is 0.441. The SMILES string of the molecule is CC1CCCN(c2ccc(Cl)c(CNC(C)C)n2)C1. The summed E-state index contributed by atoms with van der Waals surface area (Å²) in [6.07, 6.45) is 2.58. The lowest BCUT2D eigenvalue weighted by molar-refractivity contribution is 0.444. The van der Waals surface area contributed by atoms with E-state index < -0.39 is 0 Å². The molecule has 2 rings (SSSR count). The summed E-state index contributed by atoms with van der Waals surface area (Å²) in [6.45, 7) is 9.51. The van der Waals surface area contributed by atoms with Crippen molar-refractivity contribution in [2.45, 2.75) is 46.2 Å². The van der Waals surface area contributed by atoms with Gasteiger partial charge in [0.1, 0.15) is 5.82 Å². The summed E-state index contributed by atoms with van der Waals surface area (Å²) in [5.74, 6) is 1.82. The van der Waals surface area contributed by atoms with Crippen LogP contribution in [-0.2, 0) is 6.54 Å². The zero-order valence-corrected chi connectivity index (χ0v) is 12.9. The zero-order valence-electron chi connectivity index (χ0n) is 12.1. The molecule has 2 heterocycles. The van der Waals surface area contributed by atoms with Gasteiger partial charge >= 0.3 is 0 Å². The van der Waals surface area contributed by atoms with E-state index in [1.54, 1.807) is 0 Å². The highest BCUT2D eigenvalue weighted by atomic mass is 35.5. The highest BCUT2D eigenvalue weighted by Gasteiger charge is 2.18. The third-order valence-corrected chi connectivity index (χ3v) is 3.91. The molecule has 1 aromatic rings. The predicted octanol–water partition coefficient (Wildman–Crippen LogP) is 3.47. The molecule has 0 spiro atoms. The summed E-state index contributed by atoms with van der Waals surface area (Å²) in [4.78, 5) is 7.11. The Labute approximate surface area is 121 Å². The van der Waals surface area contributed by atoms with Crippen LogP contribution in [0.25, 0.3) is 0 Å². The molecular weight excluding hydrogens is 258 g/mol. The third-order valence-electron chi connectivity index (χ3n) is 3.56. The average molecular weight is 282 g/mol. The second-order valence-corrected chi connectivity index (χ2v) is 6.23. The van der Waals surface area contributed by atoms with Crippen molar-refractivity contribution in [3.05, 3.63) is 22.8 Å². The number of anilines is 1. The summed E-state index contributed by atoms with van der Waals surface area (Å²) < 4.78 is 0. The normalized spacial score (nSPS) is 20.1. The van der Waals surface area contributed by atoms with E-state index >= 15 is 0 Å². The second-order valence-electron chi connectivity index (χ2n) is 5.83. The molecule has 0 bridgehead atoms. The van der Waals surface area contributed by atoms with E-state index in [-0.39, 0.29) is 0 Å². The average Bonchev–Trinajstić information content (AvgIpc) is 2.37. The summed E-state index contributed by atoms with van der Waals surface area (Å²) in [6, 6.07) is 4.45. The van der Waals surface area contributed by atoms with Gasteiger partial charge in [-0.25, -0.2) is 4.98 Å². The van der Waals surface area contributed by atoms with Crippen molar-refractivity contribution in [1.82, 2.24) is 10.3 Å². The smallest absolute Gasteiger partial charge is 0.128 e. The van der Waals surface area contributed by atoms with E-state index in [9.17, 15) is 0 Å². The first-order chi connectivity index (χ1) is 9.06. The molecule has 0 aromatic carbocycles. The molecule has 1 aromatic heterocycles. The van der Waals surface area contributed by atoms with Crippen LogP contribution in [0.3, 0.4) is 0 Å². The van der Waals surface area contributed by atoms with Gasteiger partial charge in [0.2, 0.25) is 0 Å².